The van der Waals surface area contributed by atoms with E-state index < -0.39 is 0 Å². The van der Waals surface area contributed by atoms with Crippen LogP contribution in [0, 0.1) is 0 Å². The second-order valence-corrected chi connectivity index (χ2v) is 2.96. The molecule has 0 aliphatic rings. The number of ether oxygens (including phenoxy) is 1. The molecule has 0 heterocycles. The normalized spacial score (nSPS) is 12.8. The van der Waals surface area contributed by atoms with Gasteiger partial charge >= 0.3 is 5.97 Å². The quantitative estimate of drug-likeness (QED) is 0.444. The maximum atomic E-state index is 10.7. The number of esters is 1. The lowest BCUT2D eigenvalue weighted by Crippen LogP contribution is -2.13. The Balaban J connectivity index is 3.28. The zero-order valence-corrected chi connectivity index (χ0v) is 7.04. The van der Waals surface area contributed by atoms with E-state index in [4.69, 9.17) is 4.74 Å². The van der Waals surface area contributed by atoms with Crippen LogP contribution in [0.2, 0.25) is 0 Å². The Hall–Kier alpha value is -0.100. The van der Waals surface area contributed by atoms with Gasteiger partial charge in [0.1, 0.15) is 0 Å². The van der Waals surface area contributed by atoms with Crippen LogP contribution in [0.25, 0.3) is 0 Å². The van der Waals surface area contributed by atoms with E-state index in [1.165, 1.54) is 0 Å². The van der Waals surface area contributed by atoms with E-state index in [2.05, 4.69) is 9.24 Å². The molecule has 2 atom stereocenters. The lowest BCUT2D eigenvalue weighted by atomic mass is 10.5. The summed E-state index contributed by atoms with van der Waals surface area (Å²) < 4.78 is 4.79. The Morgan fingerprint density at radius 3 is 2.67 bits per heavy atom. The highest BCUT2D eigenvalue weighted by molar-refractivity contribution is 7.19. The molecule has 0 radical (unpaired) electrons. The molecule has 0 saturated heterocycles. The zero-order chi connectivity index (χ0) is 7.28. The van der Waals surface area contributed by atoms with Crippen molar-refractivity contribution in [2.75, 3.05) is 6.61 Å². The van der Waals surface area contributed by atoms with Crippen LogP contribution in [0.4, 0.5) is 0 Å². The summed E-state index contributed by atoms with van der Waals surface area (Å²) in [5.41, 5.74) is -0.0726. The van der Waals surface area contributed by atoms with Crippen LogP contribution >= 0.6 is 9.24 Å². The van der Waals surface area contributed by atoms with Gasteiger partial charge in [0.05, 0.1) is 12.3 Å². The van der Waals surface area contributed by atoms with Crippen molar-refractivity contribution >= 4 is 15.2 Å². The molecule has 3 heteroatoms. The van der Waals surface area contributed by atoms with Gasteiger partial charge in [-0.2, -0.15) is 0 Å². The number of rotatable bonds is 3. The van der Waals surface area contributed by atoms with Gasteiger partial charge in [0.15, 0.2) is 0 Å². The van der Waals surface area contributed by atoms with Crippen LogP contribution in [-0.2, 0) is 9.53 Å². The predicted molar refractivity (Wildman–Crippen MR) is 40.4 cm³/mol. The minimum Gasteiger partial charge on any atom is -0.465 e. The SMILES string of the molecule is CCCOC(=O)C(C)P. The van der Waals surface area contributed by atoms with Crippen molar-refractivity contribution in [2.45, 2.75) is 25.9 Å². The molecule has 0 spiro atoms. The summed E-state index contributed by atoms with van der Waals surface area (Å²) in [4.78, 5) is 10.7. The van der Waals surface area contributed by atoms with Gasteiger partial charge in [-0.3, -0.25) is 4.79 Å². The molecule has 0 amide bonds. The van der Waals surface area contributed by atoms with E-state index in [1.54, 1.807) is 6.92 Å². The molecule has 9 heavy (non-hydrogen) atoms. The third-order valence-electron chi connectivity index (χ3n) is 0.820. The highest BCUT2D eigenvalue weighted by Gasteiger charge is 2.05. The maximum absolute atomic E-state index is 10.7. The standard InChI is InChI=1S/C6H13O2P/c1-3-4-8-6(7)5(2)9/h5H,3-4,9H2,1-2H3. The average Bonchev–Trinajstić information content (AvgIpc) is 1.82. The highest BCUT2D eigenvalue weighted by atomic mass is 31.0. The largest absolute Gasteiger partial charge is 0.465 e. The fourth-order valence-corrected chi connectivity index (χ4v) is 0.430. The Morgan fingerprint density at radius 1 is 1.78 bits per heavy atom. The third kappa shape index (κ3) is 4.41. The van der Waals surface area contributed by atoms with Gasteiger partial charge in [-0.05, 0) is 13.3 Å². The lowest BCUT2D eigenvalue weighted by molar-refractivity contribution is -0.142. The Bertz CT molecular complexity index is 91.1. The number of carbonyl (C=O) groups is 1. The molecule has 0 aromatic heterocycles. The van der Waals surface area contributed by atoms with Crippen LogP contribution in [0.15, 0.2) is 0 Å². The molecule has 0 bridgehead atoms. The summed E-state index contributed by atoms with van der Waals surface area (Å²) in [7, 11) is 2.39. The molecule has 0 aliphatic heterocycles. The smallest absolute Gasteiger partial charge is 0.312 e. The molecule has 0 aromatic carbocycles. The van der Waals surface area contributed by atoms with E-state index in [0.29, 0.717) is 6.61 Å². The molecule has 0 aliphatic carbocycles. The van der Waals surface area contributed by atoms with Crippen LogP contribution < -0.4 is 0 Å². The van der Waals surface area contributed by atoms with E-state index in [0.717, 1.165) is 6.42 Å². The van der Waals surface area contributed by atoms with Gasteiger partial charge < -0.3 is 4.74 Å². The van der Waals surface area contributed by atoms with E-state index in [1.807, 2.05) is 6.92 Å². The molecular formula is C6H13O2P. The molecular weight excluding hydrogens is 135 g/mol. The van der Waals surface area contributed by atoms with Crippen LogP contribution in [0.3, 0.4) is 0 Å². The van der Waals surface area contributed by atoms with Gasteiger partial charge in [-0.1, -0.05) is 6.92 Å². The second kappa shape index (κ2) is 4.75. The van der Waals surface area contributed by atoms with Gasteiger partial charge in [-0.25, -0.2) is 0 Å². The van der Waals surface area contributed by atoms with Gasteiger partial charge in [0.2, 0.25) is 0 Å². The maximum Gasteiger partial charge on any atom is 0.312 e. The lowest BCUT2D eigenvalue weighted by Gasteiger charge is -2.03. The van der Waals surface area contributed by atoms with Crippen molar-refractivity contribution in [1.29, 1.82) is 0 Å². The van der Waals surface area contributed by atoms with Crippen molar-refractivity contribution < 1.29 is 9.53 Å². The molecule has 0 N–H and O–H groups in total. The van der Waals surface area contributed by atoms with Gasteiger partial charge in [-0.15, -0.1) is 9.24 Å². The average molecular weight is 148 g/mol. The molecule has 0 fully saturated rings. The number of hydrogen-bond acceptors (Lipinski definition) is 2. The molecule has 0 aromatic rings. The molecule has 2 nitrogen and oxygen atoms in total. The topological polar surface area (TPSA) is 26.3 Å². The Kier molecular flexibility index (Phi) is 4.70. The summed E-state index contributed by atoms with van der Waals surface area (Å²) in [6.07, 6.45) is 0.892. The van der Waals surface area contributed by atoms with E-state index in [9.17, 15) is 4.79 Å². The number of hydrogen-bond donors (Lipinski definition) is 0. The number of carbonyl (C=O) groups excluding carboxylic acids is 1. The van der Waals surface area contributed by atoms with E-state index in [-0.39, 0.29) is 11.6 Å². The molecule has 0 rings (SSSR count). The summed E-state index contributed by atoms with van der Waals surface area (Å²) in [5, 5.41) is 0. The van der Waals surface area contributed by atoms with Crippen molar-refractivity contribution in [1.82, 2.24) is 0 Å². The second-order valence-electron chi connectivity index (χ2n) is 1.96. The van der Waals surface area contributed by atoms with Crippen molar-refractivity contribution in [3.05, 3.63) is 0 Å². The first kappa shape index (κ1) is 8.90. The Morgan fingerprint density at radius 2 is 2.33 bits per heavy atom. The first-order valence-corrected chi connectivity index (χ1v) is 3.77. The van der Waals surface area contributed by atoms with Gasteiger partial charge in [0, 0.05) is 0 Å². The third-order valence-corrected chi connectivity index (χ3v) is 1.09. The molecule has 0 saturated carbocycles. The van der Waals surface area contributed by atoms with Crippen molar-refractivity contribution in [3.63, 3.8) is 0 Å². The summed E-state index contributed by atoms with van der Waals surface area (Å²) >= 11 is 0. The predicted octanol–water partition coefficient (Wildman–Crippen LogP) is 1.20. The fraction of sp³-hybridized carbons (Fsp3) is 0.833. The Labute approximate surface area is 58.2 Å². The van der Waals surface area contributed by atoms with Gasteiger partial charge in [0.25, 0.3) is 0 Å². The first-order chi connectivity index (χ1) is 4.18. The summed E-state index contributed by atoms with van der Waals surface area (Å²) in [6, 6.07) is 0. The van der Waals surface area contributed by atoms with Crippen molar-refractivity contribution in [3.8, 4) is 0 Å². The minimum absolute atomic E-state index is 0.0726. The first-order valence-electron chi connectivity index (χ1n) is 3.10. The monoisotopic (exact) mass is 148 g/mol. The van der Waals surface area contributed by atoms with Crippen LogP contribution in [0.5, 0.6) is 0 Å². The molecule has 54 valence electrons. The highest BCUT2D eigenvalue weighted by Crippen LogP contribution is 2.00. The molecule has 2 unspecified atom stereocenters. The summed E-state index contributed by atoms with van der Waals surface area (Å²) in [5.74, 6) is -0.137. The zero-order valence-electron chi connectivity index (χ0n) is 5.89. The van der Waals surface area contributed by atoms with Crippen LogP contribution in [-0.4, -0.2) is 18.2 Å². The fourth-order valence-electron chi connectivity index (χ4n) is 0.334. The summed E-state index contributed by atoms with van der Waals surface area (Å²) in [6.45, 7) is 4.31. The van der Waals surface area contributed by atoms with E-state index >= 15 is 0 Å². The van der Waals surface area contributed by atoms with Crippen molar-refractivity contribution in [2.24, 2.45) is 0 Å². The minimum atomic E-state index is -0.137. The van der Waals surface area contributed by atoms with Crippen LogP contribution in [0.1, 0.15) is 20.3 Å².